The van der Waals surface area contributed by atoms with Gasteiger partial charge in [-0.15, -0.1) is 0 Å². The van der Waals surface area contributed by atoms with Gasteiger partial charge in [0.25, 0.3) is 5.91 Å². The third-order valence-electron chi connectivity index (χ3n) is 3.27. The van der Waals surface area contributed by atoms with Crippen molar-refractivity contribution in [2.45, 2.75) is 18.0 Å². The molecule has 3 N–H and O–H groups in total. The van der Waals surface area contributed by atoms with Crippen LogP contribution >= 0.6 is 0 Å². The Hall–Kier alpha value is -2.59. The summed E-state index contributed by atoms with van der Waals surface area (Å²) >= 11 is 0. The lowest BCUT2D eigenvalue weighted by atomic mass is 10.2. The van der Waals surface area contributed by atoms with E-state index in [1.54, 1.807) is 6.92 Å². The van der Waals surface area contributed by atoms with Crippen molar-refractivity contribution in [3.8, 4) is 0 Å². The van der Waals surface area contributed by atoms with E-state index in [2.05, 4.69) is 15.6 Å². The zero-order valence-corrected chi connectivity index (χ0v) is 14.4. The Kier molecular flexibility index (Phi) is 5.88. The number of carbonyl (C=O) groups is 1. The molecule has 6 nitrogen and oxygen atoms in total. The average molecular weight is 387 g/mol. The van der Waals surface area contributed by atoms with Crippen molar-refractivity contribution >= 4 is 21.6 Å². The zero-order valence-electron chi connectivity index (χ0n) is 13.6. The molecule has 0 spiro atoms. The van der Waals surface area contributed by atoms with E-state index in [0.29, 0.717) is 0 Å². The van der Waals surface area contributed by atoms with Crippen LogP contribution in [0.5, 0.6) is 0 Å². The topological polar surface area (TPSA) is 87.3 Å². The molecule has 0 saturated carbocycles. The summed E-state index contributed by atoms with van der Waals surface area (Å²) in [6.45, 7) is 1.87. The van der Waals surface area contributed by atoms with Crippen molar-refractivity contribution in [2.24, 2.45) is 0 Å². The van der Waals surface area contributed by atoms with E-state index in [1.165, 1.54) is 36.4 Å². The summed E-state index contributed by atoms with van der Waals surface area (Å²) in [4.78, 5) is 12.0. The lowest BCUT2D eigenvalue weighted by Gasteiger charge is -2.12. The van der Waals surface area contributed by atoms with Crippen molar-refractivity contribution in [1.29, 1.82) is 0 Å². The fourth-order valence-electron chi connectivity index (χ4n) is 2.03. The predicted octanol–water partition coefficient (Wildman–Crippen LogP) is 2.76. The Labute approximate surface area is 148 Å². The maximum absolute atomic E-state index is 12.7. The number of carbonyl (C=O) groups excluding carboxylic acids is 1. The highest BCUT2D eigenvalue weighted by molar-refractivity contribution is 7.89. The lowest BCUT2D eigenvalue weighted by molar-refractivity contribution is -0.137. The molecule has 0 fully saturated rings. The number of amides is 1. The van der Waals surface area contributed by atoms with Gasteiger partial charge in [-0.3, -0.25) is 15.6 Å². The molecule has 0 aliphatic rings. The Morgan fingerprint density at radius 2 is 1.73 bits per heavy atom. The van der Waals surface area contributed by atoms with Gasteiger partial charge in [0, 0.05) is 12.1 Å². The number of halogens is 3. The van der Waals surface area contributed by atoms with Crippen LogP contribution in [-0.2, 0) is 16.2 Å². The first-order valence-corrected chi connectivity index (χ1v) is 8.95. The highest BCUT2D eigenvalue weighted by atomic mass is 32.2. The Balaban J connectivity index is 2.05. The molecule has 26 heavy (non-hydrogen) atoms. The minimum absolute atomic E-state index is 0.00161. The van der Waals surface area contributed by atoms with Crippen LogP contribution in [0, 0.1) is 0 Å². The Bertz CT molecular complexity index is 882. The van der Waals surface area contributed by atoms with Crippen LogP contribution in [0.25, 0.3) is 0 Å². The lowest BCUT2D eigenvalue weighted by Crippen LogP contribution is -2.29. The molecule has 140 valence electrons. The molecule has 0 atom stereocenters. The first-order chi connectivity index (χ1) is 12.1. The summed E-state index contributed by atoms with van der Waals surface area (Å²) in [5.41, 5.74) is 3.99. The number of alkyl halides is 3. The molecule has 2 aromatic carbocycles. The van der Waals surface area contributed by atoms with Gasteiger partial charge in [-0.05, 0) is 42.5 Å². The van der Waals surface area contributed by atoms with Gasteiger partial charge >= 0.3 is 6.18 Å². The standard InChI is InChI=1S/C16H16F3N3O3S/c1-2-20-26(24,25)14-8-6-11(7-9-14)15(23)22-21-13-5-3-4-12(10-13)16(17,18)19/h3-10,20-21H,2H2,1H3,(H,22,23). The maximum atomic E-state index is 12.7. The molecule has 2 aromatic rings. The second kappa shape index (κ2) is 7.75. The Morgan fingerprint density at radius 3 is 2.31 bits per heavy atom. The first kappa shape index (κ1) is 19.7. The van der Waals surface area contributed by atoms with E-state index in [4.69, 9.17) is 0 Å². The summed E-state index contributed by atoms with van der Waals surface area (Å²) in [6.07, 6.45) is -4.49. The molecule has 0 radical (unpaired) electrons. The fraction of sp³-hybridized carbons (Fsp3) is 0.188. The number of nitrogens with one attached hydrogen (secondary N) is 3. The number of hydrogen-bond donors (Lipinski definition) is 3. The number of anilines is 1. The second-order valence-electron chi connectivity index (χ2n) is 5.18. The molecule has 0 aromatic heterocycles. The molecule has 10 heteroatoms. The minimum atomic E-state index is -4.49. The van der Waals surface area contributed by atoms with Crippen molar-refractivity contribution in [2.75, 3.05) is 12.0 Å². The van der Waals surface area contributed by atoms with Crippen LogP contribution in [0.4, 0.5) is 18.9 Å². The van der Waals surface area contributed by atoms with Crippen molar-refractivity contribution in [1.82, 2.24) is 10.1 Å². The van der Waals surface area contributed by atoms with Gasteiger partial charge in [-0.2, -0.15) is 13.2 Å². The van der Waals surface area contributed by atoms with Crippen LogP contribution < -0.4 is 15.6 Å². The fourth-order valence-corrected chi connectivity index (χ4v) is 3.07. The van der Waals surface area contributed by atoms with Gasteiger partial charge in [0.05, 0.1) is 16.1 Å². The number of hydrazine groups is 1. The van der Waals surface area contributed by atoms with Crippen LogP contribution in [0.1, 0.15) is 22.8 Å². The maximum Gasteiger partial charge on any atom is 0.416 e. The summed E-state index contributed by atoms with van der Waals surface area (Å²) in [6, 6.07) is 9.46. The van der Waals surface area contributed by atoms with E-state index in [-0.39, 0.29) is 22.7 Å². The molecule has 0 heterocycles. The third kappa shape index (κ3) is 4.96. The minimum Gasteiger partial charge on any atom is -0.298 e. The smallest absolute Gasteiger partial charge is 0.298 e. The molecular formula is C16H16F3N3O3S. The summed E-state index contributed by atoms with van der Waals surface area (Å²) in [5.74, 6) is -0.630. The van der Waals surface area contributed by atoms with E-state index in [0.717, 1.165) is 12.1 Å². The van der Waals surface area contributed by atoms with Gasteiger partial charge in [-0.1, -0.05) is 13.0 Å². The molecule has 0 aliphatic carbocycles. The van der Waals surface area contributed by atoms with E-state index in [1.807, 2.05) is 0 Å². The number of sulfonamides is 1. The van der Waals surface area contributed by atoms with Gasteiger partial charge in [0.1, 0.15) is 0 Å². The van der Waals surface area contributed by atoms with E-state index in [9.17, 15) is 26.4 Å². The summed E-state index contributed by atoms with van der Waals surface area (Å²) in [5, 5.41) is 0. The van der Waals surface area contributed by atoms with Gasteiger partial charge < -0.3 is 0 Å². The zero-order chi connectivity index (χ0) is 19.4. The molecule has 0 unspecified atom stereocenters. The average Bonchev–Trinajstić information content (AvgIpc) is 2.59. The van der Waals surface area contributed by atoms with Crippen molar-refractivity contribution in [3.63, 3.8) is 0 Å². The first-order valence-electron chi connectivity index (χ1n) is 7.47. The van der Waals surface area contributed by atoms with Crippen molar-refractivity contribution in [3.05, 3.63) is 59.7 Å². The summed E-state index contributed by atoms with van der Waals surface area (Å²) < 4.78 is 63.9. The number of hydrogen-bond acceptors (Lipinski definition) is 4. The van der Waals surface area contributed by atoms with Gasteiger partial charge in [0.15, 0.2) is 0 Å². The molecular weight excluding hydrogens is 371 g/mol. The van der Waals surface area contributed by atoms with Crippen molar-refractivity contribution < 1.29 is 26.4 Å². The summed E-state index contributed by atoms with van der Waals surface area (Å²) in [7, 11) is -3.63. The number of rotatable bonds is 6. The quantitative estimate of drug-likeness (QED) is 0.665. The van der Waals surface area contributed by atoms with E-state index >= 15 is 0 Å². The second-order valence-corrected chi connectivity index (χ2v) is 6.95. The van der Waals surface area contributed by atoms with Crippen LogP contribution in [0.15, 0.2) is 53.4 Å². The molecule has 0 bridgehead atoms. The molecule has 2 rings (SSSR count). The Morgan fingerprint density at radius 1 is 1.08 bits per heavy atom. The predicted molar refractivity (Wildman–Crippen MR) is 89.8 cm³/mol. The highest BCUT2D eigenvalue weighted by Gasteiger charge is 2.30. The third-order valence-corrected chi connectivity index (χ3v) is 4.83. The SMILES string of the molecule is CCNS(=O)(=O)c1ccc(C(=O)NNc2cccc(C(F)(F)F)c2)cc1. The van der Waals surface area contributed by atoms with Gasteiger partial charge in [0.2, 0.25) is 10.0 Å². The normalized spacial score (nSPS) is 11.8. The molecule has 1 amide bonds. The molecule has 0 aliphatic heterocycles. The van der Waals surface area contributed by atoms with E-state index < -0.39 is 27.7 Å². The van der Waals surface area contributed by atoms with Crippen LogP contribution in [0.2, 0.25) is 0 Å². The monoisotopic (exact) mass is 387 g/mol. The highest BCUT2D eigenvalue weighted by Crippen LogP contribution is 2.30. The number of benzene rings is 2. The molecule has 0 saturated heterocycles. The van der Waals surface area contributed by atoms with Gasteiger partial charge in [-0.25, -0.2) is 13.1 Å². The largest absolute Gasteiger partial charge is 0.416 e. The van der Waals surface area contributed by atoms with Crippen LogP contribution in [-0.4, -0.2) is 20.9 Å². The van der Waals surface area contributed by atoms with Crippen LogP contribution in [0.3, 0.4) is 0 Å².